The molecular weight excluding hydrogens is 458 g/mol. The Morgan fingerprint density at radius 3 is 2.17 bits per heavy atom. The van der Waals surface area contributed by atoms with Crippen molar-refractivity contribution >= 4 is 17.9 Å². The van der Waals surface area contributed by atoms with Crippen LogP contribution < -0.4 is 10.6 Å². The maximum atomic E-state index is 13.7. The number of nitrogens with one attached hydrogen (secondary N) is 2. The number of alkyl carbamates (subject to hydrolysis) is 1. The van der Waals surface area contributed by atoms with Gasteiger partial charge in [0.25, 0.3) is 0 Å². The molecule has 36 heavy (non-hydrogen) atoms. The van der Waals surface area contributed by atoms with Crippen LogP contribution in [0.2, 0.25) is 0 Å². The highest BCUT2D eigenvalue weighted by atomic mass is 16.6. The van der Waals surface area contributed by atoms with Gasteiger partial charge in [-0.05, 0) is 78.1 Å². The van der Waals surface area contributed by atoms with Crippen molar-refractivity contribution in [1.29, 1.82) is 0 Å². The van der Waals surface area contributed by atoms with Gasteiger partial charge in [-0.3, -0.25) is 9.59 Å². The average molecular weight is 506 g/mol. The standard InChI is InChI=1S/C28H47N3O5/c1-9-10-11-12-13-14-17-31(26(34)21(5)30-27(35)36-28(6,7)8)24(25(33)29-19(2)3)22-15-16-23(32)20(4)18-22/h15-16,18-19,21,24,32H,9-14,17H2,1-8H3,(H,29,33)(H,30,35). The lowest BCUT2D eigenvalue weighted by molar-refractivity contribution is -0.142. The van der Waals surface area contributed by atoms with E-state index in [-0.39, 0.29) is 23.6 Å². The highest BCUT2D eigenvalue weighted by Gasteiger charge is 2.35. The van der Waals surface area contributed by atoms with Crippen LogP contribution in [0.15, 0.2) is 18.2 Å². The summed E-state index contributed by atoms with van der Waals surface area (Å²) in [4.78, 5) is 41.0. The number of phenols is 1. The van der Waals surface area contributed by atoms with E-state index in [9.17, 15) is 19.5 Å². The van der Waals surface area contributed by atoms with Crippen molar-refractivity contribution in [3.63, 3.8) is 0 Å². The molecule has 0 bridgehead atoms. The first-order valence-corrected chi connectivity index (χ1v) is 13.2. The Hall–Kier alpha value is -2.77. The zero-order chi connectivity index (χ0) is 27.5. The molecule has 8 heteroatoms. The van der Waals surface area contributed by atoms with Crippen molar-refractivity contribution in [3.05, 3.63) is 29.3 Å². The molecule has 1 aromatic carbocycles. The van der Waals surface area contributed by atoms with Gasteiger partial charge in [-0.15, -0.1) is 0 Å². The summed E-state index contributed by atoms with van der Waals surface area (Å²) >= 11 is 0. The molecule has 0 aromatic heterocycles. The topological polar surface area (TPSA) is 108 Å². The number of nitrogens with zero attached hydrogens (tertiary/aromatic N) is 1. The summed E-state index contributed by atoms with van der Waals surface area (Å²) in [6.07, 6.45) is 5.49. The summed E-state index contributed by atoms with van der Waals surface area (Å²) in [5.41, 5.74) is 0.517. The van der Waals surface area contributed by atoms with Gasteiger partial charge >= 0.3 is 6.09 Å². The number of amides is 3. The van der Waals surface area contributed by atoms with E-state index in [1.807, 2.05) is 13.8 Å². The van der Waals surface area contributed by atoms with E-state index in [1.54, 1.807) is 51.7 Å². The lowest BCUT2D eigenvalue weighted by Crippen LogP contribution is -2.52. The molecule has 2 atom stereocenters. The van der Waals surface area contributed by atoms with Crippen LogP contribution in [0.5, 0.6) is 5.75 Å². The first kappa shape index (κ1) is 31.3. The van der Waals surface area contributed by atoms with E-state index in [2.05, 4.69) is 17.6 Å². The van der Waals surface area contributed by atoms with E-state index >= 15 is 0 Å². The number of unbranched alkanes of at least 4 members (excludes halogenated alkanes) is 5. The summed E-state index contributed by atoms with van der Waals surface area (Å²) in [5, 5.41) is 15.6. The van der Waals surface area contributed by atoms with Crippen molar-refractivity contribution in [2.45, 2.75) is 118 Å². The second kappa shape index (κ2) is 14.7. The molecule has 2 unspecified atom stereocenters. The average Bonchev–Trinajstić information content (AvgIpc) is 2.75. The third-order valence-corrected chi connectivity index (χ3v) is 5.67. The smallest absolute Gasteiger partial charge is 0.408 e. The fourth-order valence-electron chi connectivity index (χ4n) is 3.91. The minimum atomic E-state index is -0.905. The Morgan fingerprint density at radius 1 is 1.00 bits per heavy atom. The molecule has 0 aliphatic carbocycles. The molecule has 0 saturated carbocycles. The summed E-state index contributed by atoms with van der Waals surface area (Å²) in [6.45, 7) is 14.9. The van der Waals surface area contributed by atoms with Crippen LogP contribution in [0, 0.1) is 6.92 Å². The molecule has 0 aliphatic heterocycles. The molecule has 3 amide bonds. The number of hydrogen-bond acceptors (Lipinski definition) is 5. The van der Waals surface area contributed by atoms with Crippen molar-refractivity contribution in [1.82, 2.24) is 15.5 Å². The van der Waals surface area contributed by atoms with Gasteiger partial charge < -0.3 is 25.4 Å². The third-order valence-electron chi connectivity index (χ3n) is 5.67. The SMILES string of the molecule is CCCCCCCCN(C(=O)C(C)NC(=O)OC(C)(C)C)C(C(=O)NC(C)C)c1ccc(O)c(C)c1. The lowest BCUT2D eigenvalue weighted by Gasteiger charge is -2.34. The summed E-state index contributed by atoms with van der Waals surface area (Å²) in [5.74, 6) is -0.557. The largest absolute Gasteiger partial charge is 0.508 e. The minimum Gasteiger partial charge on any atom is -0.508 e. The van der Waals surface area contributed by atoms with E-state index in [0.29, 0.717) is 17.7 Å². The molecule has 1 aromatic rings. The van der Waals surface area contributed by atoms with Crippen LogP contribution in [0.4, 0.5) is 4.79 Å². The highest BCUT2D eigenvalue weighted by molar-refractivity contribution is 5.92. The Bertz CT molecular complexity index is 863. The van der Waals surface area contributed by atoms with E-state index in [0.717, 1.165) is 32.1 Å². The maximum Gasteiger partial charge on any atom is 0.408 e. The third kappa shape index (κ3) is 10.9. The highest BCUT2D eigenvalue weighted by Crippen LogP contribution is 2.28. The maximum absolute atomic E-state index is 13.7. The van der Waals surface area contributed by atoms with Crippen molar-refractivity contribution < 1.29 is 24.2 Å². The zero-order valence-electron chi connectivity index (χ0n) is 23.4. The quantitative estimate of drug-likeness (QED) is 0.312. The monoisotopic (exact) mass is 505 g/mol. The van der Waals surface area contributed by atoms with Gasteiger partial charge in [-0.25, -0.2) is 4.79 Å². The zero-order valence-corrected chi connectivity index (χ0v) is 23.4. The number of benzene rings is 1. The van der Waals surface area contributed by atoms with Gasteiger partial charge in [0.1, 0.15) is 23.4 Å². The van der Waals surface area contributed by atoms with Gasteiger partial charge in [0, 0.05) is 12.6 Å². The molecule has 0 saturated heterocycles. The fourth-order valence-corrected chi connectivity index (χ4v) is 3.91. The Balaban J connectivity index is 3.28. The number of rotatable bonds is 13. The van der Waals surface area contributed by atoms with Crippen molar-refractivity contribution in [2.75, 3.05) is 6.54 Å². The number of hydrogen-bond donors (Lipinski definition) is 3. The van der Waals surface area contributed by atoms with Crippen LogP contribution in [-0.2, 0) is 14.3 Å². The summed E-state index contributed by atoms with van der Waals surface area (Å²) < 4.78 is 5.32. The molecule has 204 valence electrons. The molecule has 0 spiro atoms. The number of aryl methyl sites for hydroxylation is 1. The normalized spacial score (nSPS) is 13.1. The van der Waals surface area contributed by atoms with Crippen molar-refractivity contribution in [2.24, 2.45) is 0 Å². The lowest BCUT2D eigenvalue weighted by atomic mass is 9.99. The molecule has 3 N–H and O–H groups in total. The fraction of sp³-hybridized carbons (Fsp3) is 0.679. The van der Waals surface area contributed by atoms with Crippen molar-refractivity contribution in [3.8, 4) is 5.75 Å². The Labute approximate surface area is 217 Å². The predicted octanol–water partition coefficient (Wildman–Crippen LogP) is 5.37. The van der Waals surface area contributed by atoms with Gasteiger partial charge in [0.05, 0.1) is 0 Å². The van der Waals surface area contributed by atoms with Crippen LogP contribution in [-0.4, -0.2) is 52.1 Å². The second-order valence-electron chi connectivity index (χ2n) is 10.8. The van der Waals surface area contributed by atoms with E-state index < -0.39 is 23.8 Å². The van der Waals surface area contributed by atoms with Gasteiger partial charge in [-0.1, -0.05) is 45.1 Å². The molecule has 0 radical (unpaired) electrons. The first-order chi connectivity index (χ1) is 16.8. The Morgan fingerprint density at radius 2 is 1.61 bits per heavy atom. The van der Waals surface area contributed by atoms with Crippen LogP contribution in [0.3, 0.4) is 0 Å². The number of phenolic OH excluding ortho intramolecular Hbond substituents is 1. The number of aromatic hydroxyl groups is 1. The first-order valence-electron chi connectivity index (χ1n) is 13.2. The molecular formula is C28H47N3O5. The molecule has 0 fully saturated rings. The molecule has 8 nitrogen and oxygen atoms in total. The number of carbonyl (C=O) groups is 3. The summed E-state index contributed by atoms with van der Waals surface area (Å²) in [7, 11) is 0. The molecule has 1 rings (SSSR count). The minimum absolute atomic E-state index is 0.121. The van der Waals surface area contributed by atoms with Gasteiger partial charge in [0.15, 0.2) is 0 Å². The number of ether oxygens (including phenoxy) is 1. The van der Waals surface area contributed by atoms with Gasteiger partial charge in [-0.2, -0.15) is 0 Å². The number of carbonyl (C=O) groups excluding carboxylic acids is 3. The van der Waals surface area contributed by atoms with E-state index in [4.69, 9.17) is 4.74 Å². The predicted molar refractivity (Wildman–Crippen MR) is 143 cm³/mol. The van der Waals surface area contributed by atoms with Gasteiger partial charge in [0.2, 0.25) is 11.8 Å². The molecule has 0 heterocycles. The van der Waals surface area contributed by atoms with Crippen LogP contribution in [0.1, 0.15) is 104 Å². The Kier molecular flexibility index (Phi) is 12.8. The van der Waals surface area contributed by atoms with E-state index in [1.165, 1.54) is 12.5 Å². The van der Waals surface area contributed by atoms with Crippen LogP contribution >= 0.6 is 0 Å². The molecule has 0 aliphatic rings. The second-order valence-corrected chi connectivity index (χ2v) is 10.8. The summed E-state index contributed by atoms with van der Waals surface area (Å²) in [6, 6.07) is 3.01. The van der Waals surface area contributed by atoms with Crippen LogP contribution in [0.25, 0.3) is 0 Å².